The Labute approximate surface area is 99.7 Å². The van der Waals surface area contributed by atoms with E-state index in [1.165, 1.54) is 0 Å². The minimum absolute atomic E-state index is 0.230. The van der Waals surface area contributed by atoms with Crippen LogP contribution in [-0.2, 0) is 5.33 Å². The summed E-state index contributed by atoms with van der Waals surface area (Å²) in [6.45, 7) is 0. The highest BCUT2D eigenvalue weighted by molar-refractivity contribution is 9.08. The molecule has 0 fully saturated rings. The fraction of sp³-hybridized carbons (Fsp3) is 0.286. The van der Waals surface area contributed by atoms with Gasteiger partial charge in [-0.1, -0.05) is 15.9 Å². The van der Waals surface area contributed by atoms with Gasteiger partial charge in [-0.25, -0.2) is 4.98 Å². The van der Waals surface area contributed by atoms with Crippen LogP contribution < -0.4 is 10.2 Å². The maximum Gasteiger partial charge on any atom is 0.575 e. The third-order valence-electron chi connectivity index (χ3n) is 1.63. The molecule has 10 heteroatoms. The van der Waals surface area contributed by atoms with Gasteiger partial charge in [-0.3, -0.25) is 4.79 Å². The molecule has 1 aromatic rings. The normalized spacial score (nSPS) is 11.3. The first kappa shape index (κ1) is 13.5. The summed E-state index contributed by atoms with van der Waals surface area (Å²) in [7, 11) is 0. The number of nitrogens with one attached hydrogen (secondary N) is 1. The van der Waals surface area contributed by atoms with Crippen molar-refractivity contribution in [1.29, 1.82) is 0 Å². The van der Waals surface area contributed by atoms with E-state index in [2.05, 4.69) is 20.7 Å². The highest BCUT2D eigenvalue weighted by Gasteiger charge is 2.35. The van der Waals surface area contributed by atoms with Crippen molar-refractivity contribution >= 4 is 21.7 Å². The Balaban J connectivity index is 3.34. The summed E-state index contributed by atoms with van der Waals surface area (Å²) in [4.78, 5) is 22.4. The van der Waals surface area contributed by atoms with Crippen LogP contribution in [0.2, 0.25) is 0 Å². The van der Waals surface area contributed by atoms with Gasteiger partial charge < -0.3 is 14.9 Å². The van der Waals surface area contributed by atoms with Crippen molar-refractivity contribution in [3.05, 3.63) is 32.0 Å². The lowest BCUT2D eigenvalue weighted by atomic mass is 10.3. The Bertz CT molecular complexity index is 499. The molecule has 0 aliphatic carbocycles. The fourth-order valence-corrected chi connectivity index (χ4v) is 1.51. The minimum Gasteiger partial charge on any atom is -0.369 e. The second-order valence-corrected chi connectivity index (χ2v) is 3.33. The number of rotatable bonds is 3. The van der Waals surface area contributed by atoms with Gasteiger partial charge in [0.15, 0.2) is 5.43 Å². The molecule has 0 saturated heterocycles. The number of H-pyrrole nitrogens is 1. The van der Waals surface area contributed by atoms with E-state index in [0.29, 0.717) is 6.07 Å². The van der Waals surface area contributed by atoms with Gasteiger partial charge in [0.25, 0.3) is 5.88 Å². The molecule has 0 aromatic carbocycles. The molecule has 0 saturated carbocycles. The van der Waals surface area contributed by atoms with Crippen LogP contribution in [0, 0.1) is 10.1 Å². The molecule has 0 amide bonds. The first-order chi connectivity index (χ1) is 7.74. The van der Waals surface area contributed by atoms with E-state index in [1.807, 2.05) is 0 Å². The third-order valence-corrected chi connectivity index (χ3v) is 2.19. The van der Waals surface area contributed by atoms with Crippen LogP contribution in [0.1, 0.15) is 5.56 Å². The number of halogens is 4. The molecule has 17 heavy (non-hydrogen) atoms. The van der Waals surface area contributed by atoms with Gasteiger partial charge in [0.1, 0.15) is 0 Å². The number of alkyl halides is 4. The Morgan fingerprint density at radius 1 is 1.53 bits per heavy atom. The Morgan fingerprint density at radius 3 is 2.53 bits per heavy atom. The van der Waals surface area contributed by atoms with Crippen LogP contribution in [0.25, 0.3) is 0 Å². The van der Waals surface area contributed by atoms with Crippen molar-refractivity contribution in [3.63, 3.8) is 0 Å². The van der Waals surface area contributed by atoms with E-state index in [1.54, 1.807) is 4.98 Å². The Hall–Kier alpha value is -1.58. The molecule has 0 radical (unpaired) electrons. The predicted molar refractivity (Wildman–Crippen MR) is 53.0 cm³/mol. The molecule has 0 bridgehead atoms. The van der Waals surface area contributed by atoms with Crippen LogP contribution in [0.3, 0.4) is 0 Å². The lowest BCUT2D eigenvalue weighted by molar-refractivity contribution is -0.390. The maximum atomic E-state index is 12.0. The maximum absolute atomic E-state index is 12.0. The standard InChI is InChI=1S/C7H4BrF3N2O4/c8-2-3-4(14)1-5(13(15)16)12-6(3)17-7(9,10)11/h1H,2H2,(H,12,14). The molecule has 1 N–H and O–H groups in total. The molecule has 1 rings (SSSR count). The number of ether oxygens (including phenoxy) is 1. The van der Waals surface area contributed by atoms with Crippen LogP contribution >= 0.6 is 15.9 Å². The summed E-state index contributed by atoms with van der Waals surface area (Å²) >= 11 is 2.79. The van der Waals surface area contributed by atoms with Gasteiger partial charge in [-0.05, 0) is 4.92 Å². The second-order valence-electron chi connectivity index (χ2n) is 2.77. The summed E-state index contributed by atoms with van der Waals surface area (Å²) < 4.78 is 39.5. The number of pyridine rings is 1. The highest BCUT2D eigenvalue weighted by atomic mass is 79.9. The molecule has 0 aliphatic heterocycles. The summed E-state index contributed by atoms with van der Waals surface area (Å²) in [5.74, 6) is -1.87. The van der Waals surface area contributed by atoms with E-state index < -0.39 is 28.4 Å². The average molecular weight is 317 g/mol. The molecule has 1 aromatic heterocycles. The quantitative estimate of drug-likeness (QED) is 0.525. The minimum atomic E-state index is -5.05. The number of nitro groups is 1. The molecule has 1 heterocycles. The van der Waals surface area contributed by atoms with Crippen molar-refractivity contribution in [3.8, 4) is 5.88 Å². The van der Waals surface area contributed by atoms with Crippen molar-refractivity contribution in [2.75, 3.05) is 0 Å². The van der Waals surface area contributed by atoms with Crippen molar-refractivity contribution < 1.29 is 22.8 Å². The number of nitrogens with zero attached hydrogens (tertiary/aromatic N) is 1. The zero-order chi connectivity index (χ0) is 13.2. The van der Waals surface area contributed by atoms with Gasteiger partial charge >= 0.3 is 12.2 Å². The van der Waals surface area contributed by atoms with Gasteiger partial charge in [0, 0.05) is 5.33 Å². The predicted octanol–water partition coefficient (Wildman–Crippen LogP) is 2.08. The molecule has 94 valence electrons. The van der Waals surface area contributed by atoms with Crippen LogP contribution in [0.5, 0.6) is 5.88 Å². The topological polar surface area (TPSA) is 85.2 Å². The summed E-state index contributed by atoms with van der Waals surface area (Å²) in [6, 6.07) is 0.583. The smallest absolute Gasteiger partial charge is 0.369 e. The lowest BCUT2D eigenvalue weighted by Gasteiger charge is -2.08. The Kier molecular flexibility index (Phi) is 3.76. The lowest BCUT2D eigenvalue weighted by Crippen LogP contribution is -2.22. The SMILES string of the molecule is O=c1cc([N+](=O)[O-])[nH]c(OC(F)(F)F)c1CBr. The van der Waals surface area contributed by atoms with Crippen molar-refractivity contribution in [1.82, 2.24) is 4.98 Å². The van der Waals surface area contributed by atoms with Crippen LogP contribution in [-0.4, -0.2) is 16.3 Å². The largest absolute Gasteiger partial charge is 0.575 e. The van der Waals surface area contributed by atoms with Crippen LogP contribution in [0.4, 0.5) is 19.0 Å². The van der Waals surface area contributed by atoms with Crippen LogP contribution in [0.15, 0.2) is 10.9 Å². The number of hydrogen-bond donors (Lipinski definition) is 1. The molecule has 0 atom stereocenters. The second kappa shape index (κ2) is 4.73. The van der Waals surface area contributed by atoms with E-state index in [-0.39, 0.29) is 10.9 Å². The molecular weight excluding hydrogens is 313 g/mol. The summed E-state index contributed by atoms with van der Waals surface area (Å²) in [6.07, 6.45) is -5.05. The molecular formula is C7H4BrF3N2O4. The molecule has 0 unspecified atom stereocenters. The first-order valence-electron chi connectivity index (χ1n) is 3.97. The number of hydrogen-bond acceptors (Lipinski definition) is 4. The molecule has 0 spiro atoms. The van der Waals surface area contributed by atoms with Crippen molar-refractivity contribution in [2.24, 2.45) is 0 Å². The average Bonchev–Trinajstić information content (AvgIpc) is 2.14. The van der Waals surface area contributed by atoms with Gasteiger partial charge in [0.2, 0.25) is 0 Å². The number of aromatic nitrogens is 1. The van der Waals surface area contributed by atoms with Crippen molar-refractivity contribution in [2.45, 2.75) is 11.7 Å². The summed E-state index contributed by atoms with van der Waals surface area (Å²) in [5, 5.41) is 10.1. The van der Waals surface area contributed by atoms with E-state index >= 15 is 0 Å². The van der Waals surface area contributed by atoms with E-state index in [9.17, 15) is 28.1 Å². The van der Waals surface area contributed by atoms with Gasteiger partial charge in [-0.15, -0.1) is 13.2 Å². The molecule has 0 aliphatic rings. The fourth-order valence-electron chi connectivity index (χ4n) is 0.979. The zero-order valence-electron chi connectivity index (χ0n) is 7.88. The van der Waals surface area contributed by atoms with E-state index in [4.69, 9.17) is 0 Å². The molecule has 6 nitrogen and oxygen atoms in total. The monoisotopic (exact) mass is 316 g/mol. The number of aromatic amines is 1. The van der Waals surface area contributed by atoms with Gasteiger partial charge in [-0.2, -0.15) is 0 Å². The first-order valence-corrected chi connectivity index (χ1v) is 5.09. The Morgan fingerprint density at radius 2 is 2.12 bits per heavy atom. The highest BCUT2D eigenvalue weighted by Crippen LogP contribution is 2.25. The zero-order valence-corrected chi connectivity index (χ0v) is 9.46. The van der Waals surface area contributed by atoms with Gasteiger partial charge in [0.05, 0.1) is 11.6 Å². The summed E-state index contributed by atoms with van der Waals surface area (Å²) in [5.41, 5.74) is -1.31. The third kappa shape index (κ3) is 3.44. The van der Waals surface area contributed by atoms with E-state index in [0.717, 1.165) is 0 Å².